The Bertz CT molecular complexity index is 507. The molecule has 17 heavy (non-hydrogen) atoms. The minimum absolute atomic E-state index is 0.113. The zero-order valence-electron chi connectivity index (χ0n) is 9.30. The fourth-order valence-corrected chi connectivity index (χ4v) is 2.93. The summed E-state index contributed by atoms with van der Waals surface area (Å²) in [6.45, 7) is 0.899. The molecular weight excluding hydrogens is 232 g/mol. The first kappa shape index (κ1) is 10.6. The topological polar surface area (TPSA) is 32.7 Å². The SMILES string of the molecule is O=C1N=C2SCCCN2/C1=C\c1ccccc1. The van der Waals surface area contributed by atoms with Crippen LogP contribution in [0, 0.1) is 0 Å². The maximum absolute atomic E-state index is 11.8. The van der Waals surface area contributed by atoms with Crippen molar-refractivity contribution < 1.29 is 4.79 Å². The van der Waals surface area contributed by atoms with Crippen molar-refractivity contribution in [3.8, 4) is 0 Å². The average molecular weight is 244 g/mol. The number of aliphatic imine (C=N–C) groups is 1. The summed E-state index contributed by atoms with van der Waals surface area (Å²) in [4.78, 5) is 18.0. The molecule has 0 unspecified atom stereocenters. The monoisotopic (exact) mass is 244 g/mol. The van der Waals surface area contributed by atoms with Gasteiger partial charge in [-0.25, -0.2) is 0 Å². The molecule has 1 saturated heterocycles. The largest absolute Gasteiger partial charge is 0.316 e. The van der Waals surface area contributed by atoms with Crippen molar-refractivity contribution in [2.45, 2.75) is 6.42 Å². The molecule has 3 nitrogen and oxygen atoms in total. The van der Waals surface area contributed by atoms with Gasteiger partial charge in [0.05, 0.1) is 0 Å². The lowest BCUT2D eigenvalue weighted by atomic mass is 10.2. The number of hydrogen-bond donors (Lipinski definition) is 0. The molecule has 2 aliphatic rings. The first-order valence-electron chi connectivity index (χ1n) is 5.65. The van der Waals surface area contributed by atoms with Crippen LogP contribution >= 0.6 is 11.8 Å². The van der Waals surface area contributed by atoms with Crippen LogP contribution in [0.15, 0.2) is 41.0 Å². The highest BCUT2D eigenvalue weighted by Crippen LogP contribution is 2.28. The Morgan fingerprint density at radius 2 is 2.12 bits per heavy atom. The van der Waals surface area contributed by atoms with Gasteiger partial charge >= 0.3 is 0 Å². The zero-order valence-corrected chi connectivity index (χ0v) is 10.1. The lowest BCUT2D eigenvalue weighted by Crippen LogP contribution is -2.30. The summed E-state index contributed by atoms with van der Waals surface area (Å²) >= 11 is 1.67. The van der Waals surface area contributed by atoms with E-state index in [1.807, 2.05) is 41.3 Å². The Morgan fingerprint density at radius 3 is 2.94 bits per heavy atom. The second-order valence-electron chi connectivity index (χ2n) is 3.99. The van der Waals surface area contributed by atoms with Gasteiger partial charge in [-0.15, -0.1) is 0 Å². The number of fused-ring (bicyclic) bond motifs is 1. The quantitative estimate of drug-likeness (QED) is 0.711. The van der Waals surface area contributed by atoms with Crippen LogP contribution in [0.25, 0.3) is 6.08 Å². The second-order valence-corrected chi connectivity index (χ2v) is 5.06. The van der Waals surface area contributed by atoms with Crippen molar-refractivity contribution >= 4 is 28.9 Å². The molecule has 0 spiro atoms. The molecule has 4 heteroatoms. The van der Waals surface area contributed by atoms with Gasteiger partial charge in [0, 0.05) is 12.3 Å². The van der Waals surface area contributed by atoms with Crippen LogP contribution in [-0.2, 0) is 4.79 Å². The Hall–Kier alpha value is -1.55. The summed E-state index contributed by atoms with van der Waals surface area (Å²) < 4.78 is 0. The van der Waals surface area contributed by atoms with E-state index in [0.29, 0.717) is 5.70 Å². The van der Waals surface area contributed by atoms with Crippen LogP contribution in [0.1, 0.15) is 12.0 Å². The molecule has 3 rings (SSSR count). The molecule has 1 fully saturated rings. The molecule has 0 aliphatic carbocycles. The van der Waals surface area contributed by atoms with E-state index in [0.717, 1.165) is 29.4 Å². The van der Waals surface area contributed by atoms with Gasteiger partial charge in [0.2, 0.25) is 0 Å². The highest BCUT2D eigenvalue weighted by Gasteiger charge is 2.31. The summed E-state index contributed by atoms with van der Waals surface area (Å²) in [7, 11) is 0. The highest BCUT2D eigenvalue weighted by molar-refractivity contribution is 8.13. The fourth-order valence-electron chi connectivity index (χ4n) is 1.98. The van der Waals surface area contributed by atoms with Gasteiger partial charge in [-0.05, 0) is 18.1 Å². The Balaban J connectivity index is 1.94. The molecule has 2 heterocycles. The van der Waals surface area contributed by atoms with Crippen molar-refractivity contribution in [1.29, 1.82) is 0 Å². The molecule has 2 aliphatic heterocycles. The van der Waals surface area contributed by atoms with Crippen LogP contribution in [0.2, 0.25) is 0 Å². The number of nitrogens with zero attached hydrogens (tertiary/aromatic N) is 2. The van der Waals surface area contributed by atoms with Crippen molar-refractivity contribution in [3.05, 3.63) is 41.6 Å². The lowest BCUT2D eigenvalue weighted by Gasteiger charge is -2.24. The molecule has 1 aromatic carbocycles. The lowest BCUT2D eigenvalue weighted by molar-refractivity contribution is -0.114. The zero-order chi connectivity index (χ0) is 11.7. The first-order chi connectivity index (χ1) is 8.34. The number of carbonyl (C=O) groups is 1. The minimum Gasteiger partial charge on any atom is -0.316 e. The smallest absolute Gasteiger partial charge is 0.296 e. The summed E-state index contributed by atoms with van der Waals surface area (Å²) in [6, 6.07) is 9.90. The number of carbonyl (C=O) groups excluding carboxylic acids is 1. The third kappa shape index (κ3) is 2.00. The van der Waals surface area contributed by atoms with Crippen LogP contribution in [0.5, 0.6) is 0 Å². The van der Waals surface area contributed by atoms with E-state index in [-0.39, 0.29) is 5.91 Å². The molecule has 0 aromatic heterocycles. The van der Waals surface area contributed by atoms with Gasteiger partial charge in [0.25, 0.3) is 5.91 Å². The predicted octanol–water partition coefficient (Wildman–Crippen LogP) is 2.36. The molecule has 0 N–H and O–H groups in total. The van der Waals surface area contributed by atoms with Gasteiger partial charge in [0.15, 0.2) is 5.17 Å². The summed E-state index contributed by atoms with van der Waals surface area (Å²) in [5.74, 6) is 0.944. The summed E-state index contributed by atoms with van der Waals surface area (Å²) in [5, 5.41) is 0.864. The number of amidine groups is 1. The van der Waals surface area contributed by atoms with Gasteiger partial charge in [-0.3, -0.25) is 4.79 Å². The van der Waals surface area contributed by atoms with Crippen molar-refractivity contribution in [2.75, 3.05) is 12.3 Å². The number of hydrogen-bond acceptors (Lipinski definition) is 3. The van der Waals surface area contributed by atoms with Crippen molar-refractivity contribution in [1.82, 2.24) is 4.90 Å². The maximum Gasteiger partial charge on any atom is 0.296 e. The Morgan fingerprint density at radius 1 is 1.29 bits per heavy atom. The second kappa shape index (κ2) is 4.37. The fraction of sp³-hybridized carbons (Fsp3) is 0.231. The van der Waals surface area contributed by atoms with Crippen molar-refractivity contribution in [3.63, 3.8) is 0 Å². The van der Waals surface area contributed by atoms with Crippen LogP contribution in [0.3, 0.4) is 0 Å². The molecule has 0 saturated carbocycles. The summed E-state index contributed by atoms with van der Waals surface area (Å²) in [5.41, 5.74) is 1.75. The van der Waals surface area contributed by atoms with Crippen LogP contribution in [-0.4, -0.2) is 28.3 Å². The predicted molar refractivity (Wildman–Crippen MR) is 70.6 cm³/mol. The number of benzene rings is 1. The minimum atomic E-state index is -0.113. The van der Waals surface area contributed by atoms with Crippen LogP contribution < -0.4 is 0 Å². The molecule has 86 valence electrons. The molecule has 1 aromatic rings. The molecule has 0 atom stereocenters. The van der Waals surface area contributed by atoms with E-state index in [4.69, 9.17) is 0 Å². The maximum atomic E-state index is 11.8. The van der Waals surface area contributed by atoms with E-state index in [2.05, 4.69) is 4.99 Å². The van der Waals surface area contributed by atoms with Gasteiger partial charge in [0.1, 0.15) is 5.70 Å². The van der Waals surface area contributed by atoms with E-state index < -0.39 is 0 Å². The van der Waals surface area contributed by atoms with E-state index in [1.165, 1.54) is 0 Å². The molecule has 0 radical (unpaired) electrons. The molecule has 1 amide bonds. The van der Waals surface area contributed by atoms with Crippen LogP contribution in [0.4, 0.5) is 0 Å². The van der Waals surface area contributed by atoms with E-state index in [9.17, 15) is 4.79 Å². The number of amides is 1. The van der Waals surface area contributed by atoms with Gasteiger partial charge in [-0.1, -0.05) is 42.1 Å². The highest BCUT2D eigenvalue weighted by atomic mass is 32.2. The summed E-state index contributed by atoms with van der Waals surface area (Å²) in [6.07, 6.45) is 3.02. The Labute approximate surface area is 104 Å². The average Bonchev–Trinajstić information content (AvgIpc) is 2.68. The normalized spacial score (nSPS) is 21.6. The van der Waals surface area contributed by atoms with Gasteiger partial charge < -0.3 is 4.90 Å². The molecular formula is C13H12N2OS. The van der Waals surface area contributed by atoms with E-state index >= 15 is 0 Å². The number of rotatable bonds is 1. The standard InChI is InChI=1S/C13H12N2OS/c16-12-11(9-10-5-2-1-3-6-10)15-7-4-8-17-13(15)14-12/h1-3,5-6,9H,4,7-8H2/b11-9-. The van der Waals surface area contributed by atoms with Crippen molar-refractivity contribution in [2.24, 2.45) is 4.99 Å². The third-order valence-corrected chi connectivity index (χ3v) is 3.86. The van der Waals surface area contributed by atoms with E-state index in [1.54, 1.807) is 11.8 Å². The third-order valence-electron chi connectivity index (χ3n) is 2.80. The number of thioether (sulfide) groups is 1. The first-order valence-corrected chi connectivity index (χ1v) is 6.63. The molecule has 0 bridgehead atoms. The Kier molecular flexibility index (Phi) is 2.73. The van der Waals surface area contributed by atoms with Gasteiger partial charge in [-0.2, -0.15) is 4.99 Å².